The maximum atomic E-state index is 6.32. The third-order valence-corrected chi connectivity index (χ3v) is 6.56. The molecule has 0 aromatic heterocycles. The molecule has 1 atom stereocenters. The van der Waals surface area contributed by atoms with Crippen molar-refractivity contribution in [2.75, 3.05) is 5.75 Å². The largest absolute Gasteiger partial charge is 0.140 e. The van der Waals surface area contributed by atoms with Crippen molar-refractivity contribution in [1.82, 2.24) is 0 Å². The minimum Gasteiger partial charge on any atom is -0.140 e. The van der Waals surface area contributed by atoms with Crippen LogP contribution in [0.15, 0.2) is 97.1 Å². The molecule has 0 saturated heterocycles. The van der Waals surface area contributed by atoms with Gasteiger partial charge in [-0.3, -0.25) is 0 Å². The van der Waals surface area contributed by atoms with Crippen LogP contribution >= 0.6 is 23.4 Å². The number of allylic oxidation sites excluding steroid dienone is 1. The summed E-state index contributed by atoms with van der Waals surface area (Å²) in [6, 6.07) is 30.0. The first-order chi connectivity index (χ1) is 12.3. The minimum atomic E-state index is -0.151. The fraction of sp³-hybridized carbons (Fsp3) is 0.130. The summed E-state index contributed by atoms with van der Waals surface area (Å²) in [5, 5.41) is 0.788. The average Bonchev–Trinajstić information content (AvgIpc) is 2.69. The standard InChI is InChI=1S/C23H19ClS/c24-21-14-7-9-18(17-21)22-15-8-16-25-23(22,19-10-3-1-4-11-19)20-12-5-2-6-13-20/h1-15,17,22H,16H2. The van der Waals surface area contributed by atoms with Gasteiger partial charge >= 0.3 is 0 Å². The molecule has 1 heterocycles. The van der Waals surface area contributed by atoms with E-state index in [1.807, 2.05) is 23.9 Å². The third kappa shape index (κ3) is 3.03. The second kappa shape index (κ2) is 7.11. The molecule has 0 spiro atoms. The summed E-state index contributed by atoms with van der Waals surface area (Å²) in [6.45, 7) is 0. The number of hydrogen-bond acceptors (Lipinski definition) is 1. The Kier molecular flexibility index (Phi) is 4.70. The normalized spacial score (nSPS) is 18.8. The fourth-order valence-electron chi connectivity index (χ4n) is 3.71. The molecule has 1 aliphatic rings. The van der Waals surface area contributed by atoms with Crippen LogP contribution in [0, 0.1) is 0 Å². The summed E-state index contributed by atoms with van der Waals surface area (Å²) in [6.07, 6.45) is 4.63. The van der Waals surface area contributed by atoms with Gasteiger partial charge in [0.25, 0.3) is 0 Å². The monoisotopic (exact) mass is 362 g/mol. The minimum absolute atomic E-state index is 0.151. The first kappa shape index (κ1) is 16.5. The molecule has 124 valence electrons. The maximum Gasteiger partial charge on any atom is 0.0763 e. The van der Waals surface area contributed by atoms with E-state index in [1.54, 1.807) is 0 Å². The molecular formula is C23H19ClS. The molecule has 2 heteroatoms. The van der Waals surface area contributed by atoms with Crippen molar-refractivity contribution in [3.05, 3.63) is 119 Å². The van der Waals surface area contributed by atoms with Gasteiger partial charge in [-0.2, -0.15) is 0 Å². The van der Waals surface area contributed by atoms with E-state index < -0.39 is 0 Å². The van der Waals surface area contributed by atoms with Crippen LogP contribution in [0.2, 0.25) is 5.02 Å². The zero-order valence-electron chi connectivity index (χ0n) is 13.8. The van der Waals surface area contributed by atoms with Crippen LogP contribution in [0.1, 0.15) is 22.6 Å². The zero-order chi connectivity index (χ0) is 17.1. The van der Waals surface area contributed by atoms with E-state index in [0.717, 1.165) is 10.8 Å². The SMILES string of the molecule is Clc1cccc(C2C=CCSC2(c2ccccc2)c2ccccc2)c1. The second-order valence-electron chi connectivity index (χ2n) is 6.24. The number of halogens is 1. The third-order valence-electron chi connectivity index (χ3n) is 4.79. The van der Waals surface area contributed by atoms with E-state index >= 15 is 0 Å². The highest BCUT2D eigenvalue weighted by Crippen LogP contribution is 2.55. The lowest BCUT2D eigenvalue weighted by molar-refractivity contribution is 0.649. The Bertz CT molecular complexity index is 831. The van der Waals surface area contributed by atoms with Gasteiger partial charge in [0.05, 0.1) is 4.75 Å². The topological polar surface area (TPSA) is 0 Å². The van der Waals surface area contributed by atoms with E-state index in [9.17, 15) is 0 Å². The van der Waals surface area contributed by atoms with Gasteiger partial charge in [0.2, 0.25) is 0 Å². The molecule has 0 nitrogen and oxygen atoms in total. The number of benzene rings is 3. The van der Waals surface area contributed by atoms with Crippen LogP contribution in [0.4, 0.5) is 0 Å². The molecule has 0 fully saturated rings. The zero-order valence-corrected chi connectivity index (χ0v) is 15.4. The molecule has 1 unspecified atom stereocenters. The van der Waals surface area contributed by atoms with Gasteiger partial charge in [0.15, 0.2) is 0 Å². The number of hydrogen-bond donors (Lipinski definition) is 0. The van der Waals surface area contributed by atoms with Crippen LogP contribution in [-0.2, 0) is 4.75 Å². The van der Waals surface area contributed by atoms with Crippen molar-refractivity contribution in [2.24, 2.45) is 0 Å². The summed E-state index contributed by atoms with van der Waals surface area (Å²) >= 11 is 8.31. The molecule has 0 N–H and O–H groups in total. The Hall–Kier alpha value is -1.96. The second-order valence-corrected chi connectivity index (χ2v) is 7.94. The fourth-order valence-corrected chi connectivity index (χ4v) is 5.37. The van der Waals surface area contributed by atoms with Crippen LogP contribution in [0.5, 0.6) is 0 Å². The molecule has 0 saturated carbocycles. The molecule has 4 rings (SSSR count). The number of thioether (sulfide) groups is 1. The van der Waals surface area contributed by atoms with Crippen molar-refractivity contribution in [2.45, 2.75) is 10.7 Å². The van der Waals surface area contributed by atoms with E-state index in [0.29, 0.717) is 0 Å². The highest BCUT2D eigenvalue weighted by molar-refractivity contribution is 8.00. The summed E-state index contributed by atoms with van der Waals surface area (Å²) in [7, 11) is 0. The first-order valence-electron chi connectivity index (χ1n) is 8.48. The molecule has 25 heavy (non-hydrogen) atoms. The van der Waals surface area contributed by atoms with Crippen molar-refractivity contribution < 1.29 is 0 Å². The molecule has 0 aliphatic carbocycles. The molecule has 3 aromatic carbocycles. The van der Waals surface area contributed by atoms with E-state index in [-0.39, 0.29) is 10.7 Å². The van der Waals surface area contributed by atoms with Gasteiger partial charge in [-0.1, -0.05) is 96.5 Å². The average molecular weight is 363 g/mol. The first-order valence-corrected chi connectivity index (χ1v) is 9.84. The van der Waals surface area contributed by atoms with Gasteiger partial charge in [0.1, 0.15) is 0 Å². The van der Waals surface area contributed by atoms with Crippen molar-refractivity contribution >= 4 is 23.4 Å². The van der Waals surface area contributed by atoms with Gasteiger partial charge in [-0.25, -0.2) is 0 Å². The van der Waals surface area contributed by atoms with Crippen molar-refractivity contribution in [1.29, 1.82) is 0 Å². The Morgan fingerprint density at radius 2 is 1.44 bits per heavy atom. The predicted molar refractivity (Wildman–Crippen MR) is 109 cm³/mol. The quantitative estimate of drug-likeness (QED) is 0.469. The summed E-state index contributed by atoms with van der Waals surface area (Å²) in [5.41, 5.74) is 3.92. The summed E-state index contributed by atoms with van der Waals surface area (Å²) < 4.78 is -0.151. The van der Waals surface area contributed by atoms with Crippen molar-refractivity contribution in [3.63, 3.8) is 0 Å². The Balaban J connectivity index is 1.97. The molecular weight excluding hydrogens is 344 g/mol. The highest BCUT2D eigenvalue weighted by Gasteiger charge is 2.43. The number of rotatable bonds is 3. The highest BCUT2D eigenvalue weighted by atomic mass is 35.5. The van der Waals surface area contributed by atoms with Gasteiger partial charge in [-0.15, -0.1) is 11.8 Å². The maximum absolute atomic E-state index is 6.32. The van der Waals surface area contributed by atoms with Crippen LogP contribution in [0.3, 0.4) is 0 Å². The van der Waals surface area contributed by atoms with Crippen LogP contribution in [-0.4, -0.2) is 5.75 Å². The Morgan fingerprint density at radius 3 is 2.04 bits per heavy atom. The van der Waals surface area contributed by atoms with E-state index in [1.165, 1.54) is 16.7 Å². The van der Waals surface area contributed by atoms with Crippen molar-refractivity contribution in [3.8, 4) is 0 Å². The van der Waals surface area contributed by atoms with Gasteiger partial charge < -0.3 is 0 Å². The molecule has 0 bridgehead atoms. The summed E-state index contributed by atoms with van der Waals surface area (Å²) in [4.78, 5) is 0. The molecule has 3 aromatic rings. The van der Waals surface area contributed by atoms with Crippen LogP contribution < -0.4 is 0 Å². The lowest BCUT2D eigenvalue weighted by atomic mass is 9.75. The Labute approximate surface area is 158 Å². The predicted octanol–water partition coefficient (Wildman–Crippen LogP) is 6.67. The smallest absolute Gasteiger partial charge is 0.0763 e. The lowest BCUT2D eigenvalue weighted by Crippen LogP contribution is -2.33. The molecule has 0 radical (unpaired) electrons. The van der Waals surface area contributed by atoms with E-state index in [4.69, 9.17) is 11.6 Å². The van der Waals surface area contributed by atoms with Gasteiger partial charge in [-0.05, 0) is 28.8 Å². The van der Waals surface area contributed by atoms with Gasteiger partial charge in [0, 0.05) is 16.7 Å². The summed E-state index contributed by atoms with van der Waals surface area (Å²) in [5.74, 6) is 1.23. The molecule has 0 amide bonds. The van der Waals surface area contributed by atoms with E-state index in [2.05, 4.69) is 84.9 Å². The Morgan fingerprint density at radius 1 is 0.800 bits per heavy atom. The van der Waals surface area contributed by atoms with Crippen LogP contribution in [0.25, 0.3) is 0 Å². The molecule has 1 aliphatic heterocycles. The lowest BCUT2D eigenvalue weighted by Gasteiger charge is -2.42.